The molecule has 2 amide bonds. The highest BCUT2D eigenvalue weighted by molar-refractivity contribution is 6.07. The summed E-state index contributed by atoms with van der Waals surface area (Å²) >= 11 is 0. The summed E-state index contributed by atoms with van der Waals surface area (Å²) in [6, 6.07) is 10.3. The number of para-hydroxylation sites is 1. The molecule has 0 fully saturated rings. The Kier molecular flexibility index (Phi) is 6.11. The third kappa shape index (κ3) is 4.47. The zero-order valence-corrected chi connectivity index (χ0v) is 15.2. The summed E-state index contributed by atoms with van der Waals surface area (Å²) in [7, 11) is 1.43. The Morgan fingerprint density at radius 2 is 1.62 bits per heavy atom. The number of imide groups is 1. The van der Waals surface area contributed by atoms with E-state index in [0.717, 1.165) is 16.7 Å². The van der Waals surface area contributed by atoms with E-state index in [9.17, 15) is 14.4 Å². The molecule has 0 heterocycles. The largest absolute Gasteiger partial charge is 0.496 e. The van der Waals surface area contributed by atoms with Crippen molar-refractivity contribution in [1.82, 2.24) is 5.32 Å². The molecule has 0 spiro atoms. The molecule has 2 rings (SSSR count). The van der Waals surface area contributed by atoms with Crippen LogP contribution in [-0.2, 0) is 9.53 Å². The van der Waals surface area contributed by atoms with Crippen LogP contribution in [0.5, 0.6) is 5.75 Å². The van der Waals surface area contributed by atoms with Gasteiger partial charge in [0.1, 0.15) is 5.75 Å². The molecule has 0 unspecified atom stereocenters. The highest BCUT2D eigenvalue weighted by Gasteiger charge is 2.18. The fraction of sp³-hybridized carbons (Fsp3) is 0.250. The Morgan fingerprint density at radius 3 is 2.23 bits per heavy atom. The Hall–Kier alpha value is -3.15. The van der Waals surface area contributed by atoms with Crippen LogP contribution in [-0.4, -0.2) is 31.5 Å². The minimum atomic E-state index is -0.711. The Morgan fingerprint density at radius 1 is 1.00 bits per heavy atom. The lowest BCUT2D eigenvalue weighted by atomic mass is 10.00. The molecule has 0 aliphatic carbocycles. The van der Waals surface area contributed by atoms with Gasteiger partial charge >= 0.3 is 5.97 Å². The summed E-state index contributed by atoms with van der Waals surface area (Å²) in [4.78, 5) is 36.3. The number of hydrogen-bond donors (Lipinski definition) is 1. The second-order valence-electron chi connectivity index (χ2n) is 5.93. The molecule has 0 aliphatic rings. The van der Waals surface area contributed by atoms with E-state index in [2.05, 4.69) is 5.32 Å². The number of amides is 2. The Bertz CT molecular complexity index is 834. The normalized spacial score (nSPS) is 10.2. The molecule has 136 valence electrons. The number of carbonyl (C=O) groups is 3. The van der Waals surface area contributed by atoms with E-state index in [1.807, 2.05) is 32.9 Å². The molecule has 0 saturated heterocycles. The summed E-state index contributed by atoms with van der Waals surface area (Å²) < 4.78 is 10.1. The lowest BCUT2D eigenvalue weighted by Gasteiger charge is -2.11. The molecule has 26 heavy (non-hydrogen) atoms. The summed E-state index contributed by atoms with van der Waals surface area (Å²) in [5, 5.41) is 2.18. The van der Waals surface area contributed by atoms with Gasteiger partial charge in [-0.15, -0.1) is 0 Å². The quantitative estimate of drug-likeness (QED) is 0.834. The van der Waals surface area contributed by atoms with Gasteiger partial charge < -0.3 is 9.47 Å². The first-order valence-corrected chi connectivity index (χ1v) is 8.05. The number of hydrogen-bond acceptors (Lipinski definition) is 5. The van der Waals surface area contributed by atoms with Crippen molar-refractivity contribution < 1.29 is 23.9 Å². The molecule has 0 atom stereocenters. The van der Waals surface area contributed by atoms with Crippen LogP contribution in [0.25, 0.3) is 0 Å². The molecule has 0 aliphatic heterocycles. The van der Waals surface area contributed by atoms with Crippen molar-refractivity contribution >= 4 is 17.8 Å². The van der Waals surface area contributed by atoms with Gasteiger partial charge in [-0.1, -0.05) is 29.8 Å². The molecule has 6 heteroatoms. The van der Waals surface area contributed by atoms with E-state index in [0.29, 0.717) is 11.3 Å². The first-order chi connectivity index (χ1) is 12.3. The number of methoxy groups -OCH3 is 1. The second kappa shape index (κ2) is 8.29. The van der Waals surface area contributed by atoms with Crippen molar-refractivity contribution in [1.29, 1.82) is 0 Å². The van der Waals surface area contributed by atoms with Gasteiger partial charge in [-0.25, -0.2) is 4.79 Å². The van der Waals surface area contributed by atoms with Crippen LogP contribution >= 0.6 is 0 Å². The maximum Gasteiger partial charge on any atom is 0.339 e. The first-order valence-electron chi connectivity index (χ1n) is 8.05. The smallest absolute Gasteiger partial charge is 0.339 e. The molecule has 0 aromatic heterocycles. The Balaban J connectivity index is 1.99. The highest BCUT2D eigenvalue weighted by atomic mass is 16.5. The summed E-state index contributed by atoms with van der Waals surface area (Å²) in [6.45, 7) is 5.00. The van der Waals surface area contributed by atoms with Gasteiger partial charge in [-0.05, 0) is 44.0 Å². The number of ether oxygens (including phenoxy) is 2. The highest BCUT2D eigenvalue weighted by Crippen LogP contribution is 2.18. The zero-order chi connectivity index (χ0) is 19.3. The lowest BCUT2D eigenvalue weighted by Crippen LogP contribution is -2.34. The van der Waals surface area contributed by atoms with Crippen LogP contribution in [0, 0.1) is 20.8 Å². The van der Waals surface area contributed by atoms with E-state index in [1.54, 1.807) is 18.2 Å². The van der Waals surface area contributed by atoms with E-state index in [1.165, 1.54) is 13.2 Å². The van der Waals surface area contributed by atoms with Crippen LogP contribution in [0.4, 0.5) is 0 Å². The predicted molar refractivity (Wildman–Crippen MR) is 96.4 cm³/mol. The third-order valence-corrected chi connectivity index (χ3v) is 3.82. The zero-order valence-electron chi connectivity index (χ0n) is 15.2. The monoisotopic (exact) mass is 355 g/mol. The SMILES string of the molecule is COc1ccccc1C(=O)NC(=O)COC(=O)c1c(C)cc(C)cc1C. The lowest BCUT2D eigenvalue weighted by molar-refractivity contribution is -0.123. The standard InChI is InChI=1S/C20H21NO5/c1-12-9-13(2)18(14(3)10-12)20(24)26-11-17(22)21-19(23)15-7-5-6-8-16(15)25-4/h5-10H,11H2,1-4H3,(H,21,22,23). The molecule has 2 aromatic rings. The van der Waals surface area contributed by atoms with E-state index >= 15 is 0 Å². The molecule has 0 saturated carbocycles. The van der Waals surface area contributed by atoms with Crippen LogP contribution in [0.3, 0.4) is 0 Å². The van der Waals surface area contributed by atoms with Crippen molar-refractivity contribution in [3.8, 4) is 5.75 Å². The van der Waals surface area contributed by atoms with Crippen LogP contribution < -0.4 is 10.1 Å². The maximum atomic E-state index is 12.3. The van der Waals surface area contributed by atoms with E-state index in [4.69, 9.17) is 9.47 Å². The first kappa shape index (κ1) is 19.2. The molecule has 0 radical (unpaired) electrons. The number of carbonyl (C=O) groups excluding carboxylic acids is 3. The Labute approximate surface area is 152 Å². The number of benzene rings is 2. The number of esters is 1. The second-order valence-corrected chi connectivity index (χ2v) is 5.93. The van der Waals surface area contributed by atoms with Crippen molar-refractivity contribution in [3.63, 3.8) is 0 Å². The van der Waals surface area contributed by atoms with Crippen LogP contribution in [0.15, 0.2) is 36.4 Å². The van der Waals surface area contributed by atoms with Crippen LogP contribution in [0.1, 0.15) is 37.4 Å². The molecule has 1 N–H and O–H groups in total. The molecule has 2 aromatic carbocycles. The maximum absolute atomic E-state index is 12.3. The average molecular weight is 355 g/mol. The van der Waals surface area contributed by atoms with Crippen molar-refractivity contribution in [2.24, 2.45) is 0 Å². The van der Waals surface area contributed by atoms with E-state index < -0.39 is 24.4 Å². The van der Waals surface area contributed by atoms with Crippen molar-refractivity contribution in [3.05, 3.63) is 64.2 Å². The molecular weight excluding hydrogens is 334 g/mol. The fourth-order valence-electron chi connectivity index (χ4n) is 2.77. The summed E-state index contributed by atoms with van der Waals surface area (Å²) in [6.07, 6.45) is 0. The minimum absolute atomic E-state index is 0.222. The molecule has 6 nitrogen and oxygen atoms in total. The van der Waals surface area contributed by atoms with Gasteiger partial charge in [0.05, 0.1) is 18.2 Å². The van der Waals surface area contributed by atoms with Gasteiger partial charge in [-0.2, -0.15) is 0 Å². The minimum Gasteiger partial charge on any atom is -0.496 e. The van der Waals surface area contributed by atoms with Gasteiger partial charge in [0.2, 0.25) is 0 Å². The van der Waals surface area contributed by atoms with Crippen LogP contribution in [0.2, 0.25) is 0 Å². The number of aryl methyl sites for hydroxylation is 3. The van der Waals surface area contributed by atoms with Crippen molar-refractivity contribution in [2.75, 3.05) is 13.7 Å². The fourth-order valence-corrected chi connectivity index (χ4v) is 2.77. The molecular formula is C20H21NO5. The van der Waals surface area contributed by atoms with Gasteiger partial charge in [0.15, 0.2) is 6.61 Å². The predicted octanol–water partition coefficient (Wildman–Crippen LogP) is 2.73. The van der Waals surface area contributed by atoms with Crippen molar-refractivity contribution in [2.45, 2.75) is 20.8 Å². The topological polar surface area (TPSA) is 81.7 Å². The van der Waals surface area contributed by atoms with Gasteiger partial charge in [-0.3, -0.25) is 14.9 Å². The average Bonchev–Trinajstić information content (AvgIpc) is 2.59. The van der Waals surface area contributed by atoms with Gasteiger partial charge in [0.25, 0.3) is 11.8 Å². The third-order valence-electron chi connectivity index (χ3n) is 3.82. The number of nitrogens with one attached hydrogen (secondary N) is 1. The van der Waals surface area contributed by atoms with E-state index in [-0.39, 0.29) is 5.56 Å². The summed E-state index contributed by atoms with van der Waals surface area (Å²) in [5.41, 5.74) is 3.24. The van der Waals surface area contributed by atoms with Gasteiger partial charge in [0, 0.05) is 0 Å². The summed E-state index contributed by atoms with van der Waals surface area (Å²) in [5.74, 6) is -1.58. The number of rotatable bonds is 5. The molecule has 0 bridgehead atoms.